The maximum atomic E-state index is 5.56. The fourth-order valence-corrected chi connectivity index (χ4v) is 3.80. The van der Waals surface area contributed by atoms with Crippen molar-refractivity contribution < 1.29 is 4.74 Å². The highest BCUT2D eigenvalue weighted by Crippen LogP contribution is 2.34. The van der Waals surface area contributed by atoms with Crippen LogP contribution >= 0.6 is 23.5 Å². The van der Waals surface area contributed by atoms with Crippen molar-refractivity contribution in [1.29, 1.82) is 0 Å². The van der Waals surface area contributed by atoms with Crippen LogP contribution in [0.5, 0.6) is 5.75 Å². The standard InChI is InChI=1S/C17H17N3OS2/c1-3-10-22-15-8-9-18-14(16(15)21-2)11-23-17-19-12-6-4-5-7-13(12)20-17/h3-9H,1,10-11H2,2H3,(H,19,20). The number of hydrogen-bond donors (Lipinski definition) is 1. The average Bonchev–Trinajstić information content (AvgIpc) is 3.00. The van der Waals surface area contributed by atoms with Crippen molar-refractivity contribution in [2.24, 2.45) is 0 Å². The quantitative estimate of drug-likeness (QED) is 0.504. The first-order chi connectivity index (χ1) is 11.3. The molecule has 1 aromatic carbocycles. The highest BCUT2D eigenvalue weighted by atomic mass is 32.2. The summed E-state index contributed by atoms with van der Waals surface area (Å²) in [5.74, 6) is 2.38. The number of benzene rings is 1. The summed E-state index contributed by atoms with van der Waals surface area (Å²) in [5.41, 5.74) is 2.95. The van der Waals surface area contributed by atoms with Gasteiger partial charge in [-0.25, -0.2) is 4.98 Å². The molecule has 3 rings (SSSR count). The SMILES string of the molecule is C=CCSc1ccnc(CSc2nc3ccccc3[nH]2)c1OC. The highest BCUT2D eigenvalue weighted by molar-refractivity contribution is 7.99. The number of ether oxygens (including phenoxy) is 1. The Morgan fingerprint density at radius 3 is 2.91 bits per heavy atom. The average molecular weight is 343 g/mol. The van der Waals surface area contributed by atoms with Gasteiger partial charge in [0, 0.05) is 17.7 Å². The summed E-state index contributed by atoms with van der Waals surface area (Å²) in [4.78, 5) is 13.4. The number of para-hydroxylation sites is 2. The van der Waals surface area contributed by atoms with Crippen molar-refractivity contribution in [2.45, 2.75) is 15.8 Å². The lowest BCUT2D eigenvalue weighted by molar-refractivity contribution is 0.398. The van der Waals surface area contributed by atoms with Crippen LogP contribution in [0, 0.1) is 0 Å². The molecule has 0 saturated carbocycles. The van der Waals surface area contributed by atoms with Gasteiger partial charge in [0.25, 0.3) is 0 Å². The molecule has 2 aromatic heterocycles. The molecule has 0 fully saturated rings. The van der Waals surface area contributed by atoms with Gasteiger partial charge < -0.3 is 9.72 Å². The number of nitrogens with one attached hydrogen (secondary N) is 1. The molecule has 0 aliphatic heterocycles. The van der Waals surface area contributed by atoms with Crippen LogP contribution in [-0.4, -0.2) is 27.8 Å². The van der Waals surface area contributed by atoms with Crippen molar-refractivity contribution in [1.82, 2.24) is 15.0 Å². The molecule has 0 amide bonds. The third-order valence-electron chi connectivity index (χ3n) is 3.22. The van der Waals surface area contributed by atoms with E-state index in [-0.39, 0.29) is 0 Å². The second-order valence-electron chi connectivity index (χ2n) is 4.74. The van der Waals surface area contributed by atoms with Gasteiger partial charge >= 0.3 is 0 Å². The van der Waals surface area contributed by atoms with Crippen LogP contribution in [0.4, 0.5) is 0 Å². The number of fused-ring (bicyclic) bond motifs is 1. The molecular weight excluding hydrogens is 326 g/mol. The van der Waals surface area contributed by atoms with Crippen LogP contribution in [0.15, 0.2) is 59.2 Å². The number of H-pyrrole nitrogens is 1. The summed E-state index contributed by atoms with van der Waals surface area (Å²) in [6.07, 6.45) is 3.70. The van der Waals surface area contributed by atoms with Crippen LogP contribution in [0.1, 0.15) is 5.69 Å². The fourth-order valence-electron chi connectivity index (χ4n) is 2.19. The molecule has 2 heterocycles. The zero-order valence-corrected chi connectivity index (χ0v) is 14.4. The van der Waals surface area contributed by atoms with Crippen molar-refractivity contribution in [2.75, 3.05) is 12.9 Å². The molecule has 6 heteroatoms. The van der Waals surface area contributed by atoms with Crippen molar-refractivity contribution in [3.63, 3.8) is 0 Å². The fraction of sp³-hybridized carbons (Fsp3) is 0.176. The van der Waals surface area contributed by atoms with Crippen LogP contribution in [0.25, 0.3) is 11.0 Å². The number of rotatable bonds is 7. The maximum absolute atomic E-state index is 5.56. The van der Waals surface area contributed by atoms with E-state index in [9.17, 15) is 0 Å². The molecule has 0 bridgehead atoms. The van der Waals surface area contributed by atoms with E-state index in [0.717, 1.165) is 38.3 Å². The van der Waals surface area contributed by atoms with Gasteiger partial charge in [-0.2, -0.15) is 0 Å². The summed E-state index contributed by atoms with van der Waals surface area (Å²) in [7, 11) is 1.68. The molecule has 0 radical (unpaired) electrons. The molecule has 0 unspecified atom stereocenters. The lowest BCUT2D eigenvalue weighted by Crippen LogP contribution is -1.96. The molecular formula is C17H17N3OS2. The second-order valence-corrected chi connectivity index (χ2v) is 6.76. The van der Waals surface area contributed by atoms with E-state index in [4.69, 9.17) is 4.74 Å². The number of hydrogen-bond acceptors (Lipinski definition) is 5. The third-order valence-corrected chi connectivity index (χ3v) is 5.14. The van der Waals surface area contributed by atoms with Crippen molar-refractivity contribution in [3.05, 3.63) is 54.9 Å². The molecule has 0 spiro atoms. The van der Waals surface area contributed by atoms with Crippen molar-refractivity contribution >= 4 is 34.6 Å². The predicted molar refractivity (Wildman–Crippen MR) is 97.4 cm³/mol. The Kier molecular flexibility index (Phi) is 5.25. The topological polar surface area (TPSA) is 50.8 Å². The Balaban J connectivity index is 1.77. The number of nitrogens with zero attached hydrogens (tertiary/aromatic N) is 2. The van der Waals surface area contributed by atoms with E-state index in [2.05, 4.69) is 21.5 Å². The largest absolute Gasteiger partial charge is 0.494 e. The Morgan fingerprint density at radius 1 is 1.26 bits per heavy atom. The maximum Gasteiger partial charge on any atom is 0.166 e. The first kappa shape index (κ1) is 16.0. The first-order valence-corrected chi connectivity index (χ1v) is 9.12. The minimum Gasteiger partial charge on any atom is -0.494 e. The third kappa shape index (κ3) is 3.71. The van der Waals surface area contributed by atoms with E-state index in [1.54, 1.807) is 30.6 Å². The highest BCUT2D eigenvalue weighted by Gasteiger charge is 2.12. The van der Waals surface area contributed by atoms with Gasteiger partial charge in [0.15, 0.2) is 10.9 Å². The van der Waals surface area contributed by atoms with Crippen molar-refractivity contribution in [3.8, 4) is 5.75 Å². The van der Waals surface area contributed by atoms with Gasteiger partial charge in [-0.05, 0) is 18.2 Å². The first-order valence-electron chi connectivity index (χ1n) is 7.15. The molecule has 4 nitrogen and oxygen atoms in total. The van der Waals surface area contributed by atoms with E-state index < -0.39 is 0 Å². The lowest BCUT2D eigenvalue weighted by Gasteiger charge is -2.11. The number of imidazole rings is 1. The van der Waals surface area contributed by atoms with E-state index in [1.165, 1.54) is 0 Å². The molecule has 0 aliphatic rings. The van der Waals surface area contributed by atoms with Gasteiger partial charge in [0.05, 0.1) is 28.7 Å². The summed E-state index contributed by atoms with van der Waals surface area (Å²) in [5, 5.41) is 0.888. The molecule has 0 atom stereocenters. The smallest absolute Gasteiger partial charge is 0.166 e. The zero-order valence-electron chi connectivity index (χ0n) is 12.8. The number of pyridine rings is 1. The minimum absolute atomic E-state index is 0.700. The Bertz CT molecular complexity index is 783. The Morgan fingerprint density at radius 2 is 2.13 bits per heavy atom. The van der Waals surface area contributed by atoms with Gasteiger partial charge in [-0.3, -0.25) is 4.98 Å². The number of aromatic nitrogens is 3. The Hall–Kier alpha value is -1.92. The molecule has 3 aromatic rings. The summed E-state index contributed by atoms with van der Waals surface area (Å²) < 4.78 is 5.56. The van der Waals surface area contributed by atoms with E-state index >= 15 is 0 Å². The normalized spacial score (nSPS) is 10.8. The molecule has 0 saturated heterocycles. The monoisotopic (exact) mass is 343 g/mol. The molecule has 0 aliphatic carbocycles. The van der Waals surface area contributed by atoms with Gasteiger partial charge in [-0.1, -0.05) is 30.0 Å². The number of aromatic amines is 1. The van der Waals surface area contributed by atoms with Crippen LogP contribution < -0.4 is 4.74 Å². The summed E-state index contributed by atoms with van der Waals surface area (Å²) >= 11 is 3.32. The zero-order chi connectivity index (χ0) is 16.1. The van der Waals surface area contributed by atoms with E-state index in [0.29, 0.717) is 5.75 Å². The lowest BCUT2D eigenvalue weighted by atomic mass is 10.3. The summed E-state index contributed by atoms with van der Waals surface area (Å²) in [6.45, 7) is 3.76. The number of methoxy groups -OCH3 is 1. The van der Waals surface area contributed by atoms with Crippen LogP contribution in [0.3, 0.4) is 0 Å². The predicted octanol–water partition coefficient (Wildman–Crippen LogP) is 4.54. The van der Waals surface area contributed by atoms with Gasteiger partial charge in [0.1, 0.15) is 0 Å². The second kappa shape index (κ2) is 7.57. The molecule has 23 heavy (non-hydrogen) atoms. The van der Waals surface area contributed by atoms with Gasteiger partial charge in [0.2, 0.25) is 0 Å². The number of thioether (sulfide) groups is 2. The van der Waals surface area contributed by atoms with Crippen LogP contribution in [-0.2, 0) is 5.75 Å². The van der Waals surface area contributed by atoms with Gasteiger partial charge in [-0.15, -0.1) is 18.3 Å². The molecule has 118 valence electrons. The van der Waals surface area contributed by atoms with E-state index in [1.807, 2.05) is 42.6 Å². The molecule has 1 N–H and O–H groups in total. The van der Waals surface area contributed by atoms with Crippen LogP contribution in [0.2, 0.25) is 0 Å². The minimum atomic E-state index is 0.700. The summed E-state index contributed by atoms with van der Waals surface area (Å²) in [6, 6.07) is 9.99. The Labute approximate surface area is 143 Å².